The van der Waals surface area contributed by atoms with Crippen LogP contribution in [0.5, 0.6) is 5.75 Å². The van der Waals surface area contributed by atoms with E-state index in [1.807, 2.05) is 42.5 Å². The van der Waals surface area contributed by atoms with Crippen LogP contribution in [0.3, 0.4) is 0 Å². The van der Waals surface area contributed by atoms with E-state index in [1.54, 1.807) is 14.2 Å². The summed E-state index contributed by atoms with van der Waals surface area (Å²) in [6, 6.07) is 20.2. The Balaban J connectivity index is 1.49. The van der Waals surface area contributed by atoms with E-state index in [4.69, 9.17) is 21.1 Å². The number of carbonyl (C=O) groups is 1. The smallest absolute Gasteiger partial charge is 0.237 e. The average molecular weight is 482 g/mol. The van der Waals surface area contributed by atoms with Gasteiger partial charge in [-0.3, -0.25) is 9.69 Å². The number of nitrogens with zero attached hydrogens (tertiary/aromatic N) is 1. The van der Waals surface area contributed by atoms with Gasteiger partial charge in [0.05, 0.1) is 19.8 Å². The molecular weight excluding hydrogens is 450 g/mol. The zero-order valence-electron chi connectivity index (χ0n) is 19.7. The first-order chi connectivity index (χ1) is 16.6. The quantitative estimate of drug-likeness (QED) is 0.429. The van der Waals surface area contributed by atoms with Crippen LogP contribution in [0, 0.1) is 0 Å². The van der Waals surface area contributed by atoms with Gasteiger partial charge >= 0.3 is 0 Å². The molecule has 1 heterocycles. The molecule has 0 saturated carbocycles. The first-order valence-electron chi connectivity index (χ1n) is 11.6. The average Bonchev–Trinajstić information content (AvgIpc) is 3.25. The van der Waals surface area contributed by atoms with E-state index in [9.17, 15) is 4.79 Å². The molecule has 34 heavy (non-hydrogen) atoms. The molecule has 3 aromatic rings. The first kappa shape index (κ1) is 24.5. The van der Waals surface area contributed by atoms with Crippen LogP contribution in [0.1, 0.15) is 17.5 Å². The first-order valence-corrected chi connectivity index (χ1v) is 12.0. The Morgan fingerprint density at radius 1 is 1.12 bits per heavy atom. The molecule has 1 amide bonds. The lowest BCUT2D eigenvalue weighted by Gasteiger charge is -2.23. The highest BCUT2D eigenvalue weighted by Crippen LogP contribution is 2.29. The Morgan fingerprint density at radius 2 is 1.97 bits per heavy atom. The van der Waals surface area contributed by atoms with Crippen LogP contribution in [-0.4, -0.2) is 56.8 Å². The Bertz CT molecular complexity index is 1120. The normalized spacial score (nSPS) is 18.3. The molecule has 7 heteroatoms. The molecule has 0 aliphatic carbocycles. The SMILES string of the molecule is COCCNC(=O)[C@@H]1C[C@@H](NCc2c(OC)ccc3ccccc23)CN1Cc1cccc(Cl)c1. The summed E-state index contributed by atoms with van der Waals surface area (Å²) in [6.45, 7) is 3.09. The van der Waals surface area contributed by atoms with Gasteiger partial charge in [0.15, 0.2) is 0 Å². The monoisotopic (exact) mass is 481 g/mol. The highest BCUT2D eigenvalue weighted by atomic mass is 35.5. The van der Waals surface area contributed by atoms with Gasteiger partial charge in [-0.25, -0.2) is 0 Å². The van der Waals surface area contributed by atoms with E-state index in [0.717, 1.165) is 29.8 Å². The number of hydrogen-bond donors (Lipinski definition) is 2. The van der Waals surface area contributed by atoms with Crippen molar-refractivity contribution in [3.8, 4) is 5.75 Å². The van der Waals surface area contributed by atoms with Gasteiger partial charge in [-0.15, -0.1) is 0 Å². The third-order valence-electron chi connectivity index (χ3n) is 6.37. The zero-order valence-corrected chi connectivity index (χ0v) is 20.5. The number of halogens is 1. The Kier molecular flexibility index (Phi) is 8.40. The Hall–Kier alpha value is -2.64. The van der Waals surface area contributed by atoms with Gasteiger partial charge in [0.25, 0.3) is 0 Å². The summed E-state index contributed by atoms with van der Waals surface area (Å²) in [4.78, 5) is 15.2. The molecule has 0 radical (unpaired) electrons. The molecule has 180 valence electrons. The van der Waals surface area contributed by atoms with Gasteiger partial charge in [-0.05, 0) is 41.0 Å². The molecule has 6 nitrogen and oxygen atoms in total. The summed E-state index contributed by atoms with van der Waals surface area (Å²) >= 11 is 6.20. The van der Waals surface area contributed by atoms with Crippen molar-refractivity contribution < 1.29 is 14.3 Å². The molecule has 0 spiro atoms. The van der Waals surface area contributed by atoms with Crippen LogP contribution in [0.4, 0.5) is 0 Å². The number of fused-ring (bicyclic) bond motifs is 1. The fourth-order valence-corrected chi connectivity index (χ4v) is 4.91. The van der Waals surface area contributed by atoms with Crippen molar-refractivity contribution in [2.75, 3.05) is 33.9 Å². The van der Waals surface area contributed by atoms with E-state index in [0.29, 0.717) is 31.3 Å². The standard InChI is InChI=1S/C27H32ClN3O3/c1-33-13-12-29-27(32)25-15-22(18-31(25)17-19-6-5-8-21(28)14-19)30-16-24-23-9-4-3-7-20(23)10-11-26(24)34-2/h3-11,14,22,25,30H,12-13,15-18H2,1-2H3,(H,29,32)/t22-,25+/m1/s1. The molecule has 1 aliphatic heterocycles. The van der Waals surface area contributed by atoms with E-state index in [1.165, 1.54) is 10.8 Å². The number of likely N-dealkylation sites (tertiary alicyclic amines) is 1. The fourth-order valence-electron chi connectivity index (χ4n) is 4.70. The largest absolute Gasteiger partial charge is 0.496 e. The maximum Gasteiger partial charge on any atom is 0.237 e. The summed E-state index contributed by atoms with van der Waals surface area (Å²) in [7, 11) is 3.34. The van der Waals surface area contributed by atoms with Gasteiger partial charge < -0.3 is 20.1 Å². The van der Waals surface area contributed by atoms with Crippen LogP contribution < -0.4 is 15.4 Å². The number of carbonyl (C=O) groups excluding carboxylic acids is 1. The van der Waals surface area contributed by atoms with Crippen LogP contribution in [0.15, 0.2) is 60.7 Å². The molecule has 2 atom stereocenters. The molecular formula is C27H32ClN3O3. The predicted molar refractivity (Wildman–Crippen MR) is 136 cm³/mol. The van der Waals surface area contributed by atoms with E-state index in [2.05, 4.69) is 33.7 Å². The van der Waals surface area contributed by atoms with Crippen LogP contribution in [0.25, 0.3) is 10.8 Å². The zero-order chi connectivity index (χ0) is 23.9. The fraction of sp³-hybridized carbons (Fsp3) is 0.370. The number of hydrogen-bond acceptors (Lipinski definition) is 5. The molecule has 1 saturated heterocycles. The number of amides is 1. The molecule has 2 N–H and O–H groups in total. The molecule has 0 bridgehead atoms. The third kappa shape index (κ3) is 5.88. The van der Waals surface area contributed by atoms with Crippen LogP contribution in [-0.2, 0) is 22.6 Å². The lowest BCUT2D eigenvalue weighted by molar-refractivity contribution is -0.125. The van der Waals surface area contributed by atoms with Gasteiger partial charge in [0, 0.05) is 49.9 Å². The van der Waals surface area contributed by atoms with Crippen molar-refractivity contribution in [3.05, 3.63) is 76.8 Å². The maximum absolute atomic E-state index is 13.0. The molecule has 1 fully saturated rings. The van der Waals surface area contributed by atoms with Gasteiger partial charge in [0.2, 0.25) is 5.91 Å². The topological polar surface area (TPSA) is 62.8 Å². The number of rotatable bonds is 10. The second-order valence-electron chi connectivity index (χ2n) is 8.64. The molecule has 0 aromatic heterocycles. The van der Waals surface area contributed by atoms with Gasteiger partial charge in [0.1, 0.15) is 5.75 Å². The number of methoxy groups -OCH3 is 2. The van der Waals surface area contributed by atoms with Crippen LogP contribution >= 0.6 is 11.6 Å². The maximum atomic E-state index is 13.0. The minimum atomic E-state index is -0.220. The second kappa shape index (κ2) is 11.7. The van der Waals surface area contributed by atoms with Crippen LogP contribution in [0.2, 0.25) is 5.02 Å². The molecule has 1 aliphatic rings. The van der Waals surface area contributed by atoms with Crippen molar-refractivity contribution in [2.24, 2.45) is 0 Å². The van der Waals surface area contributed by atoms with E-state index in [-0.39, 0.29) is 18.0 Å². The van der Waals surface area contributed by atoms with Gasteiger partial charge in [-0.2, -0.15) is 0 Å². The summed E-state index contributed by atoms with van der Waals surface area (Å²) in [5, 5.41) is 9.77. The van der Waals surface area contributed by atoms with Crippen molar-refractivity contribution in [2.45, 2.75) is 31.6 Å². The van der Waals surface area contributed by atoms with E-state index < -0.39 is 0 Å². The van der Waals surface area contributed by atoms with E-state index >= 15 is 0 Å². The minimum absolute atomic E-state index is 0.0334. The second-order valence-corrected chi connectivity index (χ2v) is 9.08. The highest BCUT2D eigenvalue weighted by molar-refractivity contribution is 6.30. The molecule has 0 unspecified atom stereocenters. The van der Waals surface area contributed by atoms with Crippen molar-refractivity contribution in [3.63, 3.8) is 0 Å². The molecule has 3 aromatic carbocycles. The number of benzene rings is 3. The highest BCUT2D eigenvalue weighted by Gasteiger charge is 2.36. The Labute approximate surface area is 206 Å². The summed E-state index contributed by atoms with van der Waals surface area (Å²) in [5.41, 5.74) is 2.23. The number of ether oxygens (including phenoxy) is 2. The lowest BCUT2D eigenvalue weighted by Crippen LogP contribution is -2.43. The minimum Gasteiger partial charge on any atom is -0.496 e. The van der Waals surface area contributed by atoms with Gasteiger partial charge in [-0.1, -0.05) is 54.1 Å². The Morgan fingerprint density at radius 3 is 2.76 bits per heavy atom. The van der Waals surface area contributed by atoms with Crippen molar-refractivity contribution in [1.29, 1.82) is 0 Å². The predicted octanol–water partition coefficient (Wildman–Crippen LogP) is 4.00. The lowest BCUT2D eigenvalue weighted by atomic mass is 10.0. The molecule has 4 rings (SSSR count). The summed E-state index contributed by atoms with van der Waals surface area (Å²) in [6.07, 6.45) is 0.729. The number of nitrogens with one attached hydrogen (secondary N) is 2. The van der Waals surface area contributed by atoms with Crippen molar-refractivity contribution in [1.82, 2.24) is 15.5 Å². The summed E-state index contributed by atoms with van der Waals surface area (Å²) < 4.78 is 10.7. The van der Waals surface area contributed by atoms with Crippen molar-refractivity contribution >= 4 is 28.3 Å². The third-order valence-corrected chi connectivity index (χ3v) is 6.61. The summed E-state index contributed by atoms with van der Waals surface area (Å²) in [5.74, 6) is 0.903.